The van der Waals surface area contributed by atoms with Crippen LogP contribution in [0.15, 0.2) is 18.6 Å². The molecule has 0 saturated heterocycles. The van der Waals surface area contributed by atoms with E-state index in [1.807, 2.05) is 0 Å². The van der Waals surface area contributed by atoms with Crippen LogP contribution in [0.1, 0.15) is 19.0 Å². The van der Waals surface area contributed by atoms with Gasteiger partial charge >= 0.3 is 18.0 Å². The van der Waals surface area contributed by atoms with E-state index in [2.05, 4.69) is 15.0 Å². The van der Waals surface area contributed by atoms with E-state index in [1.165, 1.54) is 10.8 Å². The molecule has 0 aromatic carbocycles. The summed E-state index contributed by atoms with van der Waals surface area (Å²) in [4.78, 5) is 20.7. The zero-order valence-electron chi connectivity index (χ0n) is 12.9. The van der Waals surface area contributed by atoms with E-state index in [-0.39, 0.29) is 24.3 Å². The molecule has 2 aromatic heterocycles. The molecule has 1 aliphatic heterocycles. The van der Waals surface area contributed by atoms with Crippen LogP contribution in [0.25, 0.3) is 0 Å². The highest BCUT2D eigenvalue weighted by atomic mass is 19.4. The zero-order valence-corrected chi connectivity index (χ0v) is 12.9. The number of nitrogens with zero attached hydrogens (tertiary/aromatic N) is 5. The third kappa shape index (κ3) is 3.61. The molecular formula is C13H12F3N5O4. The number of ether oxygens (including phenoxy) is 2. The lowest BCUT2D eigenvalue weighted by molar-refractivity contribution is -0.389. The third-order valence-electron chi connectivity index (χ3n) is 3.58. The van der Waals surface area contributed by atoms with Gasteiger partial charge in [-0.3, -0.25) is 4.57 Å². The predicted molar refractivity (Wildman–Crippen MR) is 75.1 cm³/mol. The van der Waals surface area contributed by atoms with Crippen LogP contribution < -0.4 is 9.47 Å². The van der Waals surface area contributed by atoms with Crippen molar-refractivity contribution in [1.29, 1.82) is 0 Å². The van der Waals surface area contributed by atoms with Gasteiger partial charge in [-0.2, -0.15) is 13.2 Å². The molecule has 3 rings (SSSR count). The summed E-state index contributed by atoms with van der Waals surface area (Å²) in [5.41, 5.74) is -1.98. The fourth-order valence-electron chi connectivity index (χ4n) is 2.21. The van der Waals surface area contributed by atoms with Crippen LogP contribution in [0.4, 0.5) is 19.0 Å². The van der Waals surface area contributed by atoms with E-state index in [0.29, 0.717) is 19.2 Å². The molecule has 1 unspecified atom stereocenters. The second kappa shape index (κ2) is 5.86. The van der Waals surface area contributed by atoms with Crippen LogP contribution in [0, 0.1) is 10.1 Å². The fraction of sp³-hybridized carbons (Fsp3) is 0.462. The van der Waals surface area contributed by atoms with E-state index >= 15 is 0 Å². The van der Waals surface area contributed by atoms with E-state index in [4.69, 9.17) is 9.47 Å². The average Bonchev–Trinajstić information content (AvgIpc) is 2.96. The smallest absolute Gasteiger partial charge is 0.434 e. The summed E-state index contributed by atoms with van der Waals surface area (Å²) in [6.07, 6.45) is -1.38. The second-order valence-electron chi connectivity index (χ2n) is 5.66. The van der Waals surface area contributed by atoms with Crippen LogP contribution in [0.2, 0.25) is 0 Å². The number of halogens is 3. The van der Waals surface area contributed by atoms with E-state index in [9.17, 15) is 23.3 Å². The van der Waals surface area contributed by atoms with Crippen LogP contribution in [0.5, 0.6) is 11.9 Å². The molecule has 0 amide bonds. The van der Waals surface area contributed by atoms with Gasteiger partial charge in [0.1, 0.15) is 18.4 Å². The molecule has 0 aliphatic carbocycles. The maximum atomic E-state index is 12.4. The quantitative estimate of drug-likeness (QED) is 0.609. The van der Waals surface area contributed by atoms with Crippen molar-refractivity contribution in [2.45, 2.75) is 31.7 Å². The van der Waals surface area contributed by atoms with Crippen molar-refractivity contribution in [2.75, 3.05) is 6.61 Å². The van der Waals surface area contributed by atoms with Crippen LogP contribution in [-0.2, 0) is 12.7 Å². The molecule has 3 heterocycles. The molecule has 9 nitrogen and oxygen atoms in total. The second-order valence-corrected chi connectivity index (χ2v) is 5.66. The largest absolute Gasteiger partial charge is 0.472 e. The van der Waals surface area contributed by atoms with E-state index < -0.39 is 22.4 Å². The highest BCUT2D eigenvalue weighted by Gasteiger charge is 2.38. The van der Waals surface area contributed by atoms with Gasteiger partial charge in [-0.05, 0) is 11.8 Å². The molecule has 25 heavy (non-hydrogen) atoms. The topological polar surface area (TPSA) is 105 Å². The molecular weight excluding hydrogens is 347 g/mol. The molecule has 0 radical (unpaired) electrons. The summed E-state index contributed by atoms with van der Waals surface area (Å²) in [6, 6.07) is 0.0857. The van der Waals surface area contributed by atoms with Gasteiger partial charge in [-0.15, -0.1) is 0 Å². The molecule has 0 spiro atoms. The van der Waals surface area contributed by atoms with Crippen molar-refractivity contribution in [3.8, 4) is 11.9 Å². The number of rotatable bonds is 4. The summed E-state index contributed by atoms with van der Waals surface area (Å²) >= 11 is 0. The predicted octanol–water partition coefficient (Wildman–Crippen LogP) is 2.22. The Labute approximate surface area is 138 Å². The summed E-state index contributed by atoms with van der Waals surface area (Å²) in [5.74, 6) is -0.411. The lowest BCUT2D eigenvalue weighted by atomic mass is 10.0. The first-order valence-electron chi connectivity index (χ1n) is 7.09. The maximum absolute atomic E-state index is 12.4. The SMILES string of the molecule is CC1(COc2cnc(C(F)(F)F)cn2)CCn2cc([N+](=O)[O-])nc2O1. The summed E-state index contributed by atoms with van der Waals surface area (Å²) in [5, 5.41) is 10.7. The van der Waals surface area contributed by atoms with Crippen molar-refractivity contribution in [1.82, 2.24) is 19.5 Å². The molecule has 1 aliphatic rings. The normalized spacial score (nSPS) is 19.8. The van der Waals surface area contributed by atoms with Crippen molar-refractivity contribution in [2.24, 2.45) is 0 Å². The first kappa shape index (κ1) is 16.9. The van der Waals surface area contributed by atoms with Crippen molar-refractivity contribution in [3.05, 3.63) is 34.4 Å². The Balaban J connectivity index is 1.65. The van der Waals surface area contributed by atoms with Gasteiger partial charge in [-0.25, -0.2) is 9.97 Å². The number of aromatic nitrogens is 4. The Morgan fingerprint density at radius 2 is 2.20 bits per heavy atom. The monoisotopic (exact) mass is 359 g/mol. The van der Waals surface area contributed by atoms with Gasteiger partial charge < -0.3 is 19.6 Å². The molecule has 0 bridgehead atoms. The summed E-state index contributed by atoms with van der Waals surface area (Å²) in [7, 11) is 0. The van der Waals surface area contributed by atoms with Gasteiger partial charge in [0.15, 0.2) is 5.69 Å². The number of imidazole rings is 1. The maximum Gasteiger partial charge on any atom is 0.434 e. The number of fused-ring (bicyclic) bond motifs is 1. The Morgan fingerprint density at radius 1 is 1.44 bits per heavy atom. The molecule has 0 N–H and O–H groups in total. The minimum atomic E-state index is -4.57. The van der Waals surface area contributed by atoms with Crippen molar-refractivity contribution in [3.63, 3.8) is 0 Å². The Kier molecular flexibility index (Phi) is 3.97. The molecule has 0 saturated carbocycles. The van der Waals surface area contributed by atoms with Crippen LogP contribution >= 0.6 is 0 Å². The molecule has 134 valence electrons. The van der Waals surface area contributed by atoms with E-state index in [0.717, 1.165) is 6.20 Å². The van der Waals surface area contributed by atoms with Crippen LogP contribution in [-0.4, -0.2) is 36.7 Å². The lowest BCUT2D eigenvalue weighted by Gasteiger charge is -2.32. The molecule has 1 atom stereocenters. The van der Waals surface area contributed by atoms with Gasteiger partial charge in [0.2, 0.25) is 5.88 Å². The highest BCUT2D eigenvalue weighted by molar-refractivity contribution is 5.22. The number of hydrogen-bond donors (Lipinski definition) is 0. The minimum absolute atomic E-state index is 0.0340. The number of hydrogen-bond acceptors (Lipinski definition) is 7. The molecule has 12 heteroatoms. The zero-order chi connectivity index (χ0) is 18.2. The Bertz CT molecular complexity index is 792. The van der Waals surface area contributed by atoms with Crippen molar-refractivity contribution >= 4 is 5.82 Å². The average molecular weight is 359 g/mol. The standard InChI is InChI=1S/C13H12F3N5O4/c1-12(2-3-20-6-9(21(22)23)19-11(20)25-12)7-24-10-5-17-8(4-18-10)13(14,15)16/h4-6H,2-3,7H2,1H3. The Hall–Kier alpha value is -2.92. The summed E-state index contributed by atoms with van der Waals surface area (Å²) < 4.78 is 49.8. The number of aryl methyl sites for hydroxylation is 1. The highest BCUT2D eigenvalue weighted by Crippen LogP contribution is 2.31. The molecule has 0 fully saturated rings. The van der Waals surface area contributed by atoms with E-state index in [1.54, 1.807) is 6.92 Å². The first-order valence-corrected chi connectivity index (χ1v) is 7.09. The first-order chi connectivity index (χ1) is 11.7. The summed E-state index contributed by atoms with van der Waals surface area (Å²) in [6.45, 7) is 2.09. The van der Waals surface area contributed by atoms with Gasteiger partial charge in [0.25, 0.3) is 0 Å². The lowest BCUT2D eigenvalue weighted by Crippen LogP contribution is -2.43. The fourth-order valence-corrected chi connectivity index (χ4v) is 2.21. The van der Waals surface area contributed by atoms with Gasteiger partial charge in [0, 0.05) is 17.9 Å². The minimum Gasteiger partial charge on any atom is -0.472 e. The Morgan fingerprint density at radius 3 is 2.80 bits per heavy atom. The van der Waals surface area contributed by atoms with Gasteiger partial charge in [-0.1, -0.05) is 0 Å². The van der Waals surface area contributed by atoms with Gasteiger partial charge in [0.05, 0.1) is 12.4 Å². The van der Waals surface area contributed by atoms with Crippen molar-refractivity contribution < 1.29 is 27.6 Å². The third-order valence-corrected chi connectivity index (χ3v) is 3.58. The number of alkyl halides is 3. The number of nitro groups is 1. The van der Waals surface area contributed by atoms with Crippen LogP contribution in [0.3, 0.4) is 0 Å². The molecule has 2 aromatic rings.